The maximum Gasteiger partial charge on any atom is 0.321 e. The van der Waals surface area contributed by atoms with E-state index < -0.39 is 18.0 Å². The Morgan fingerprint density at radius 2 is 1.52 bits per heavy atom. The van der Waals surface area contributed by atoms with E-state index in [2.05, 4.69) is 28.2 Å². The summed E-state index contributed by atoms with van der Waals surface area (Å²) in [4.78, 5) is 44.5. The Labute approximate surface area is 144 Å². The summed E-state index contributed by atoms with van der Waals surface area (Å²) in [6, 6.07) is -1.01. The Balaban J connectivity index is 3.51. The van der Waals surface area contributed by atoms with Gasteiger partial charge in [-0.2, -0.15) is 0 Å². The number of rotatable bonds is 10. The van der Waals surface area contributed by atoms with Crippen LogP contribution in [0.5, 0.6) is 0 Å². The number of hydrogen-bond acceptors (Lipinski definition) is 6. The van der Waals surface area contributed by atoms with Gasteiger partial charge in [0, 0.05) is 25.8 Å². The second-order valence-corrected chi connectivity index (χ2v) is 7.11. The van der Waals surface area contributed by atoms with Gasteiger partial charge in [0.05, 0.1) is 5.75 Å². The molecule has 0 rings (SSSR count). The summed E-state index contributed by atoms with van der Waals surface area (Å²) in [6.07, 6.45) is 3.01. The molecule has 10 heteroatoms. The van der Waals surface area contributed by atoms with Crippen molar-refractivity contribution >= 4 is 45.5 Å². The van der Waals surface area contributed by atoms with Crippen LogP contribution in [0.25, 0.3) is 0 Å². The molecule has 0 aromatic rings. The van der Waals surface area contributed by atoms with Crippen LogP contribution in [0.4, 0.5) is 9.59 Å². The summed E-state index contributed by atoms with van der Waals surface area (Å²) in [6.45, 7) is 4.26. The molecular weight excluding hydrogens is 340 g/mol. The average molecular weight is 364 g/mol. The summed E-state index contributed by atoms with van der Waals surface area (Å²) < 4.78 is 0. The zero-order chi connectivity index (χ0) is 17.5. The SMILES string of the molecule is CCCCCNC(=O)NC(=O)CSSCCNC(=O)NC(C)=O. The van der Waals surface area contributed by atoms with Crippen molar-refractivity contribution in [1.82, 2.24) is 21.3 Å². The number of imide groups is 2. The highest BCUT2D eigenvalue weighted by Crippen LogP contribution is 2.19. The molecular formula is C13H24N4O4S2. The third-order valence-electron chi connectivity index (χ3n) is 2.35. The quantitative estimate of drug-likeness (QED) is 0.342. The van der Waals surface area contributed by atoms with E-state index in [1.807, 2.05) is 0 Å². The van der Waals surface area contributed by atoms with Crippen LogP contribution in [0.1, 0.15) is 33.1 Å². The molecule has 0 saturated heterocycles. The first-order valence-corrected chi connectivity index (χ1v) is 9.82. The Kier molecular flexibility index (Phi) is 13.3. The van der Waals surface area contributed by atoms with Crippen molar-refractivity contribution in [3.63, 3.8) is 0 Å². The molecule has 0 heterocycles. The molecule has 132 valence electrons. The van der Waals surface area contributed by atoms with Gasteiger partial charge in [0.25, 0.3) is 0 Å². The van der Waals surface area contributed by atoms with E-state index >= 15 is 0 Å². The van der Waals surface area contributed by atoms with Crippen LogP contribution in [0, 0.1) is 0 Å². The van der Waals surface area contributed by atoms with Gasteiger partial charge in [-0.25, -0.2) is 9.59 Å². The molecule has 0 aromatic heterocycles. The first kappa shape index (κ1) is 21.6. The smallest absolute Gasteiger partial charge is 0.321 e. The van der Waals surface area contributed by atoms with E-state index in [0.29, 0.717) is 18.8 Å². The first-order valence-electron chi connectivity index (χ1n) is 7.33. The van der Waals surface area contributed by atoms with Crippen molar-refractivity contribution < 1.29 is 19.2 Å². The number of amides is 6. The lowest BCUT2D eigenvalue weighted by Crippen LogP contribution is -2.40. The molecule has 0 bridgehead atoms. The van der Waals surface area contributed by atoms with Crippen molar-refractivity contribution in [3.05, 3.63) is 0 Å². The van der Waals surface area contributed by atoms with Gasteiger partial charge in [0.2, 0.25) is 11.8 Å². The third kappa shape index (κ3) is 15.3. The highest BCUT2D eigenvalue weighted by atomic mass is 33.1. The van der Waals surface area contributed by atoms with Gasteiger partial charge in [-0.05, 0) is 6.42 Å². The molecule has 0 fully saturated rings. The normalized spacial score (nSPS) is 9.83. The van der Waals surface area contributed by atoms with Gasteiger partial charge in [0.1, 0.15) is 0 Å². The molecule has 0 spiro atoms. The fourth-order valence-corrected chi connectivity index (χ4v) is 3.09. The molecule has 0 aliphatic heterocycles. The molecule has 0 aliphatic rings. The number of hydrogen-bond donors (Lipinski definition) is 4. The van der Waals surface area contributed by atoms with Crippen molar-refractivity contribution in [2.24, 2.45) is 0 Å². The van der Waals surface area contributed by atoms with Gasteiger partial charge in [0.15, 0.2) is 0 Å². The zero-order valence-electron chi connectivity index (χ0n) is 13.4. The first-order chi connectivity index (χ1) is 11.0. The molecule has 0 aliphatic carbocycles. The van der Waals surface area contributed by atoms with E-state index in [9.17, 15) is 19.2 Å². The second kappa shape index (κ2) is 14.2. The van der Waals surface area contributed by atoms with Crippen molar-refractivity contribution in [2.75, 3.05) is 24.6 Å². The summed E-state index contributed by atoms with van der Waals surface area (Å²) in [5, 5.41) is 9.45. The van der Waals surface area contributed by atoms with Crippen LogP contribution in [0.3, 0.4) is 0 Å². The molecule has 4 N–H and O–H groups in total. The highest BCUT2D eigenvalue weighted by molar-refractivity contribution is 8.76. The zero-order valence-corrected chi connectivity index (χ0v) is 15.0. The molecule has 0 radical (unpaired) electrons. The predicted octanol–water partition coefficient (Wildman–Crippen LogP) is 1.23. The minimum absolute atomic E-state index is 0.146. The highest BCUT2D eigenvalue weighted by Gasteiger charge is 2.07. The Morgan fingerprint density at radius 3 is 2.17 bits per heavy atom. The van der Waals surface area contributed by atoms with Crippen LogP contribution in [0.15, 0.2) is 0 Å². The average Bonchev–Trinajstić information content (AvgIpc) is 2.46. The monoisotopic (exact) mass is 364 g/mol. The van der Waals surface area contributed by atoms with E-state index in [4.69, 9.17) is 0 Å². The maximum absolute atomic E-state index is 11.5. The molecule has 8 nitrogen and oxygen atoms in total. The maximum atomic E-state index is 11.5. The van der Waals surface area contributed by atoms with E-state index in [0.717, 1.165) is 19.3 Å². The van der Waals surface area contributed by atoms with Gasteiger partial charge in [-0.15, -0.1) is 0 Å². The number of carbonyl (C=O) groups is 4. The molecule has 6 amide bonds. The van der Waals surface area contributed by atoms with E-state index in [1.165, 1.54) is 28.5 Å². The molecule has 0 saturated carbocycles. The Morgan fingerprint density at radius 1 is 0.870 bits per heavy atom. The van der Waals surface area contributed by atoms with Crippen LogP contribution in [0.2, 0.25) is 0 Å². The summed E-state index contributed by atoms with van der Waals surface area (Å²) in [5.74, 6) is -0.0638. The van der Waals surface area contributed by atoms with Crippen LogP contribution in [-0.2, 0) is 9.59 Å². The van der Waals surface area contributed by atoms with Gasteiger partial charge >= 0.3 is 12.1 Å². The van der Waals surface area contributed by atoms with Gasteiger partial charge < -0.3 is 10.6 Å². The summed E-state index contributed by atoms with van der Waals surface area (Å²) in [5.41, 5.74) is 0. The van der Waals surface area contributed by atoms with Crippen LogP contribution < -0.4 is 21.3 Å². The van der Waals surface area contributed by atoms with E-state index in [1.54, 1.807) is 0 Å². The topological polar surface area (TPSA) is 116 Å². The van der Waals surface area contributed by atoms with Gasteiger partial charge in [-0.1, -0.05) is 41.4 Å². The number of unbranched alkanes of at least 4 members (excludes halogenated alkanes) is 2. The molecule has 0 atom stereocenters. The minimum atomic E-state index is -0.541. The molecule has 0 aromatic carbocycles. The van der Waals surface area contributed by atoms with Gasteiger partial charge in [-0.3, -0.25) is 20.2 Å². The number of carbonyl (C=O) groups excluding carboxylic acids is 4. The van der Waals surface area contributed by atoms with Crippen LogP contribution >= 0.6 is 21.6 Å². The fraction of sp³-hybridized carbons (Fsp3) is 0.692. The molecule has 0 unspecified atom stereocenters. The Bertz CT molecular complexity index is 407. The predicted molar refractivity (Wildman–Crippen MR) is 93.2 cm³/mol. The largest absolute Gasteiger partial charge is 0.338 e. The Hall–Kier alpha value is -1.42. The third-order valence-corrected chi connectivity index (χ3v) is 4.62. The number of nitrogens with one attached hydrogen (secondary N) is 4. The second-order valence-electron chi connectivity index (χ2n) is 4.53. The van der Waals surface area contributed by atoms with E-state index in [-0.39, 0.29) is 11.7 Å². The minimum Gasteiger partial charge on any atom is -0.338 e. The standard InChI is InChI=1S/C13H24N4O4S2/c1-3-4-5-6-14-13(21)17-11(19)9-23-22-8-7-15-12(20)16-10(2)18/h3-9H2,1-2H3,(H2,14,17,19,21)(H2,15,16,18,20). The fourth-order valence-electron chi connectivity index (χ4n) is 1.35. The molecule has 23 heavy (non-hydrogen) atoms. The number of urea groups is 2. The van der Waals surface area contributed by atoms with Crippen molar-refractivity contribution in [3.8, 4) is 0 Å². The lowest BCUT2D eigenvalue weighted by atomic mass is 10.2. The summed E-state index contributed by atoms with van der Waals surface area (Å²) >= 11 is 0. The lowest BCUT2D eigenvalue weighted by molar-refractivity contribution is -0.118. The lowest BCUT2D eigenvalue weighted by Gasteiger charge is -2.06. The van der Waals surface area contributed by atoms with Crippen LogP contribution in [-0.4, -0.2) is 48.5 Å². The summed E-state index contributed by atoms with van der Waals surface area (Å²) in [7, 11) is 2.68. The van der Waals surface area contributed by atoms with Crippen molar-refractivity contribution in [1.29, 1.82) is 0 Å². The van der Waals surface area contributed by atoms with Crippen molar-refractivity contribution in [2.45, 2.75) is 33.1 Å².